The molecule has 1 saturated heterocycles. The van der Waals surface area contributed by atoms with Crippen LogP contribution in [0.15, 0.2) is 23.8 Å². The minimum atomic E-state index is 0.300. The molecule has 1 aliphatic carbocycles. The first-order valence-electron chi connectivity index (χ1n) is 7.11. The lowest BCUT2D eigenvalue weighted by Crippen LogP contribution is -2.37. The van der Waals surface area contributed by atoms with Crippen LogP contribution in [0.3, 0.4) is 0 Å². The Morgan fingerprint density at radius 1 is 1.22 bits per heavy atom. The van der Waals surface area contributed by atoms with Crippen molar-refractivity contribution in [2.24, 2.45) is 5.41 Å². The Morgan fingerprint density at radius 2 is 1.89 bits per heavy atom. The normalized spacial score (nSPS) is 27.1. The van der Waals surface area contributed by atoms with Gasteiger partial charge in [-0.25, -0.2) is 0 Å². The first kappa shape index (κ1) is 14.6. The van der Waals surface area contributed by atoms with E-state index in [1.807, 2.05) is 0 Å². The van der Waals surface area contributed by atoms with Crippen LogP contribution in [-0.2, 0) is 0 Å². The molecule has 1 heterocycles. The van der Waals surface area contributed by atoms with Crippen LogP contribution in [0.5, 0.6) is 0 Å². The molecule has 1 fully saturated rings. The Hall–Kier alpha value is 0.180. The maximum absolute atomic E-state index is 4.02. The quantitative estimate of drug-likeness (QED) is 0.613. The summed E-state index contributed by atoms with van der Waals surface area (Å²) in [5, 5.41) is 0. The molecule has 0 atom stereocenters. The summed E-state index contributed by atoms with van der Waals surface area (Å²) in [4.78, 5) is 0. The van der Waals surface area contributed by atoms with Crippen LogP contribution in [0.1, 0.15) is 52.9 Å². The van der Waals surface area contributed by atoms with Gasteiger partial charge in [-0.2, -0.15) is 0 Å². The highest BCUT2D eigenvalue weighted by molar-refractivity contribution is 8.19. The summed E-state index contributed by atoms with van der Waals surface area (Å²) in [5.41, 5.74) is 3.79. The lowest BCUT2D eigenvalue weighted by Gasteiger charge is -2.47. The molecule has 102 valence electrons. The van der Waals surface area contributed by atoms with Crippen molar-refractivity contribution in [1.29, 1.82) is 0 Å². The average Bonchev–Trinajstić information content (AvgIpc) is 2.29. The van der Waals surface area contributed by atoms with Crippen LogP contribution in [0.25, 0.3) is 0 Å². The molecule has 0 bridgehead atoms. The minimum absolute atomic E-state index is 0.300. The fraction of sp³-hybridized carbons (Fsp3) is 0.750. The molecule has 0 aromatic heterocycles. The maximum Gasteiger partial charge on any atom is 0.0862 e. The molecule has 1 aliphatic heterocycles. The van der Waals surface area contributed by atoms with E-state index >= 15 is 0 Å². The zero-order valence-corrected chi connectivity index (χ0v) is 13.7. The van der Waals surface area contributed by atoms with Crippen LogP contribution in [0.4, 0.5) is 0 Å². The van der Waals surface area contributed by atoms with Crippen molar-refractivity contribution < 1.29 is 0 Å². The maximum atomic E-state index is 4.02. The van der Waals surface area contributed by atoms with Crippen molar-refractivity contribution in [1.82, 2.24) is 0 Å². The third-order valence-electron chi connectivity index (χ3n) is 4.21. The Labute approximate surface area is 121 Å². The van der Waals surface area contributed by atoms with Gasteiger partial charge in [-0.3, -0.25) is 0 Å². The third-order valence-corrected chi connectivity index (χ3v) is 7.58. The molecule has 0 spiro atoms. The molecule has 0 saturated carbocycles. The van der Waals surface area contributed by atoms with E-state index in [1.165, 1.54) is 37.2 Å². The highest BCUT2D eigenvalue weighted by atomic mass is 32.2. The molecular weight excluding hydrogens is 256 g/mol. The van der Waals surface area contributed by atoms with Gasteiger partial charge >= 0.3 is 0 Å². The van der Waals surface area contributed by atoms with E-state index in [-0.39, 0.29) is 0 Å². The van der Waals surface area contributed by atoms with Crippen molar-refractivity contribution >= 4 is 23.5 Å². The molecular formula is C16H26S2. The monoisotopic (exact) mass is 282 g/mol. The first-order valence-corrected chi connectivity index (χ1v) is 9.08. The van der Waals surface area contributed by atoms with Gasteiger partial charge in [0, 0.05) is 0 Å². The Bertz CT molecular complexity index is 346. The number of hydrogen-bond acceptors (Lipinski definition) is 2. The lowest BCUT2D eigenvalue weighted by molar-refractivity contribution is 0.352. The Balaban J connectivity index is 2.42. The second kappa shape index (κ2) is 5.66. The van der Waals surface area contributed by atoms with Gasteiger partial charge in [0.2, 0.25) is 0 Å². The zero-order chi connectivity index (χ0) is 13.2. The number of hydrogen-bond donors (Lipinski definition) is 0. The van der Waals surface area contributed by atoms with Crippen molar-refractivity contribution in [3.05, 3.63) is 23.8 Å². The summed E-state index contributed by atoms with van der Waals surface area (Å²) in [5.74, 6) is 2.63. The molecule has 2 rings (SSSR count). The molecule has 0 nitrogen and oxygen atoms in total. The van der Waals surface area contributed by atoms with Crippen LogP contribution < -0.4 is 0 Å². The van der Waals surface area contributed by atoms with Gasteiger partial charge in [-0.05, 0) is 61.5 Å². The molecule has 0 amide bonds. The van der Waals surface area contributed by atoms with Gasteiger partial charge < -0.3 is 0 Å². The van der Waals surface area contributed by atoms with Gasteiger partial charge in [-0.15, -0.1) is 30.1 Å². The standard InChI is InChI=1S/C16H26S2/c1-5-9-16(17-11-7-12-18-16)14-13(2)8-6-10-15(14,3)4/h5H,1,6-12H2,2-4H3. The summed E-state index contributed by atoms with van der Waals surface area (Å²) >= 11 is 4.36. The van der Waals surface area contributed by atoms with E-state index in [9.17, 15) is 0 Å². The summed E-state index contributed by atoms with van der Waals surface area (Å²) in [6, 6.07) is 0. The third kappa shape index (κ3) is 2.70. The van der Waals surface area contributed by atoms with E-state index in [0.717, 1.165) is 6.42 Å². The Kier molecular flexibility index (Phi) is 4.59. The molecule has 0 N–H and O–H groups in total. The molecule has 0 unspecified atom stereocenters. The van der Waals surface area contributed by atoms with Crippen LogP contribution in [0.2, 0.25) is 0 Å². The van der Waals surface area contributed by atoms with E-state index in [0.29, 0.717) is 9.49 Å². The van der Waals surface area contributed by atoms with Gasteiger partial charge in [0.15, 0.2) is 0 Å². The fourth-order valence-corrected chi connectivity index (χ4v) is 7.51. The van der Waals surface area contributed by atoms with Crippen molar-refractivity contribution in [3.63, 3.8) is 0 Å². The summed E-state index contributed by atoms with van der Waals surface area (Å²) < 4.78 is 0.300. The van der Waals surface area contributed by atoms with Gasteiger partial charge in [0.05, 0.1) is 4.08 Å². The SMILES string of the molecule is C=CCC1(C2=C(C)CCCC2(C)C)SCCCS1. The van der Waals surface area contributed by atoms with Crippen molar-refractivity contribution in [2.75, 3.05) is 11.5 Å². The number of allylic oxidation sites excluding steroid dienone is 2. The van der Waals surface area contributed by atoms with Crippen LogP contribution in [0, 0.1) is 5.41 Å². The summed E-state index contributed by atoms with van der Waals surface area (Å²) in [7, 11) is 0. The van der Waals surface area contributed by atoms with E-state index in [4.69, 9.17) is 0 Å². The highest BCUT2D eigenvalue weighted by Crippen LogP contribution is 2.58. The second-order valence-corrected chi connectivity index (χ2v) is 9.24. The minimum Gasteiger partial charge on any atom is -0.139 e. The van der Waals surface area contributed by atoms with E-state index < -0.39 is 0 Å². The van der Waals surface area contributed by atoms with E-state index in [1.54, 1.807) is 11.1 Å². The first-order chi connectivity index (χ1) is 8.52. The predicted octanol–water partition coefficient (Wildman–Crippen LogP) is 5.66. The zero-order valence-electron chi connectivity index (χ0n) is 12.1. The molecule has 0 radical (unpaired) electrons. The molecule has 18 heavy (non-hydrogen) atoms. The molecule has 0 aromatic rings. The van der Waals surface area contributed by atoms with Crippen molar-refractivity contribution in [3.8, 4) is 0 Å². The van der Waals surface area contributed by atoms with Gasteiger partial charge in [-0.1, -0.05) is 25.5 Å². The summed E-state index contributed by atoms with van der Waals surface area (Å²) in [6.07, 6.45) is 8.63. The predicted molar refractivity (Wildman–Crippen MR) is 87.4 cm³/mol. The number of rotatable bonds is 3. The van der Waals surface area contributed by atoms with Gasteiger partial charge in [0.25, 0.3) is 0 Å². The number of thioether (sulfide) groups is 2. The Morgan fingerprint density at radius 3 is 2.44 bits per heavy atom. The molecule has 2 aliphatic rings. The fourth-order valence-electron chi connectivity index (χ4n) is 3.59. The van der Waals surface area contributed by atoms with Crippen LogP contribution >= 0.6 is 23.5 Å². The average molecular weight is 283 g/mol. The topological polar surface area (TPSA) is 0 Å². The van der Waals surface area contributed by atoms with Gasteiger partial charge in [0.1, 0.15) is 0 Å². The van der Waals surface area contributed by atoms with E-state index in [2.05, 4.69) is 56.9 Å². The van der Waals surface area contributed by atoms with Crippen molar-refractivity contribution in [2.45, 2.75) is 57.0 Å². The lowest BCUT2D eigenvalue weighted by atomic mass is 9.71. The second-order valence-electron chi connectivity index (χ2n) is 6.19. The smallest absolute Gasteiger partial charge is 0.0862 e. The molecule has 0 aromatic carbocycles. The van der Waals surface area contributed by atoms with Crippen LogP contribution in [-0.4, -0.2) is 15.6 Å². The summed E-state index contributed by atoms with van der Waals surface area (Å²) in [6.45, 7) is 11.3. The largest absolute Gasteiger partial charge is 0.139 e. The molecule has 2 heteroatoms. The highest BCUT2D eigenvalue weighted by Gasteiger charge is 2.44.